The van der Waals surface area contributed by atoms with Gasteiger partial charge in [-0.05, 0) is 29.4 Å². The molecule has 0 bridgehead atoms. The van der Waals surface area contributed by atoms with Gasteiger partial charge in [0, 0.05) is 10.8 Å². The Bertz CT molecular complexity index is 704. The molecule has 0 atom stereocenters. The van der Waals surface area contributed by atoms with Crippen LogP contribution in [-0.2, 0) is 18.6 Å². The van der Waals surface area contributed by atoms with Crippen LogP contribution in [0.5, 0.6) is 0 Å². The standard InChI is InChI=1S/C22H37NO4S2/c1-6-7-8-9-10-11-15-27-21(24)16-28-29(25,26)23-22-19(17(2)3)13-12-14-20(22)18(4)5/h12-14,17-18,23H,6-11,15-16H2,1-5H3. The molecule has 0 spiro atoms. The fourth-order valence-electron chi connectivity index (χ4n) is 3.06. The summed E-state index contributed by atoms with van der Waals surface area (Å²) in [6.07, 6.45) is 6.65. The number of benzene rings is 1. The van der Waals surface area contributed by atoms with Gasteiger partial charge in [0.25, 0.3) is 9.06 Å². The molecular formula is C22H37NO4S2. The van der Waals surface area contributed by atoms with Gasteiger partial charge in [-0.25, -0.2) is 0 Å². The highest BCUT2D eigenvalue weighted by molar-refractivity contribution is 8.72. The van der Waals surface area contributed by atoms with Gasteiger partial charge in [0.1, 0.15) is 5.75 Å². The van der Waals surface area contributed by atoms with Crippen molar-refractivity contribution in [1.82, 2.24) is 0 Å². The Morgan fingerprint density at radius 1 is 1.00 bits per heavy atom. The lowest BCUT2D eigenvalue weighted by Crippen LogP contribution is -2.16. The molecule has 0 saturated carbocycles. The Kier molecular flexibility index (Phi) is 11.7. The molecule has 0 aliphatic carbocycles. The number of esters is 1. The lowest BCUT2D eigenvalue weighted by atomic mass is 9.93. The Morgan fingerprint density at radius 3 is 2.10 bits per heavy atom. The van der Waals surface area contributed by atoms with Crippen molar-refractivity contribution in [1.29, 1.82) is 0 Å². The van der Waals surface area contributed by atoms with Crippen molar-refractivity contribution in [3.63, 3.8) is 0 Å². The molecule has 0 aliphatic rings. The number of para-hydroxylation sites is 1. The van der Waals surface area contributed by atoms with E-state index in [9.17, 15) is 13.2 Å². The Balaban J connectivity index is 2.57. The maximum absolute atomic E-state index is 12.6. The molecule has 0 aromatic heterocycles. The predicted octanol–water partition coefficient (Wildman–Crippen LogP) is 6.23. The summed E-state index contributed by atoms with van der Waals surface area (Å²) in [5.74, 6) is -0.348. The van der Waals surface area contributed by atoms with Crippen LogP contribution >= 0.6 is 10.8 Å². The maximum atomic E-state index is 12.6. The summed E-state index contributed by atoms with van der Waals surface area (Å²) in [6, 6.07) is 5.83. The zero-order valence-electron chi connectivity index (χ0n) is 18.5. The second kappa shape index (κ2) is 13.2. The molecule has 1 N–H and O–H groups in total. The number of rotatable bonds is 14. The highest BCUT2D eigenvalue weighted by Crippen LogP contribution is 2.34. The van der Waals surface area contributed by atoms with Crippen LogP contribution in [-0.4, -0.2) is 26.7 Å². The molecule has 0 fully saturated rings. The van der Waals surface area contributed by atoms with Gasteiger partial charge >= 0.3 is 5.97 Å². The van der Waals surface area contributed by atoms with Crippen molar-refractivity contribution < 1.29 is 17.9 Å². The minimum Gasteiger partial charge on any atom is -0.465 e. The lowest BCUT2D eigenvalue weighted by molar-refractivity contribution is -0.140. The van der Waals surface area contributed by atoms with Gasteiger partial charge < -0.3 is 4.74 Å². The molecule has 166 valence electrons. The van der Waals surface area contributed by atoms with E-state index in [2.05, 4.69) is 11.6 Å². The average Bonchev–Trinajstić information content (AvgIpc) is 2.65. The van der Waals surface area contributed by atoms with Gasteiger partial charge in [-0.2, -0.15) is 8.42 Å². The van der Waals surface area contributed by atoms with Gasteiger partial charge in [0.05, 0.1) is 12.3 Å². The largest absolute Gasteiger partial charge is 0.465 e. The van der Waals surface area contributed by atoms with Crippen LogP contribution in [0.2, 0.25) is 0 Å². The summed E-state index contributed by atoms with van der Waals surface area (Å²) in [5, 5.41) is 0. The zero-order chi connectivity index (χ0) is 21.9. The maximum Gasteiger partial charge on any atom is 0.317 e. The molecule has 5 nitrogen and oxygen atoms in total. The number of unbranched alkanes of at least 4 members (excludes halogenated alkanes) is 5. The van der Waals surface area contributed by atoms with E-state index in [0.717, 1.165) is 30.4 Å². The van der Waals surface area contributed by atoms with Crippen LogP contribution < -0.4 is 4.72 Å². The summed E-state index contributed by atoms with van der Waals surface area (Å²) < 4.78 is 33.0. The highest BCUT2D eigenvalue weighted by atomic mass is 33.1. The van der Waals surface area contributed by atoms with Gasteiger partial charge in [-0.3, -0.25) is 9.52 Å². The van der Waals surface area contributed by atoms with E-state index in [-0.39, 0.29) is 17.6 Å². The third-order valence-electron chi connectivity index (χ3n) is 4.69. The molecule has 0 heterocycles. The molecule has 7 heteroatoms. The van der Waals surface area contributed by atoms with Crippen LogP contribution in [0.4, 0.5) is 5.69 Å². The Labute approximate surface area is 180 Å². The third-order valence-corrected chi connectivity index (χ3v) is 7.35. The van der Waals surface area contributed by atoms with Crippen molar-refractivity contribution in [3.05, 3.63) is 29.3 Å². The van der Waals surface area contributed by atoms with Crippen molar-refractivity contribution >= 4 is 31.5 Å². The van der Waals surface area contributed by atoms with Gasteiger partial charge in [0.15, 0.2) is 0 Å². The third kappa shape index (κ3) is 9.90. The fraction of sp³-hybridized carbons (Fsp3) is 0.682. The van der Waals surface area contributed by atoms with Gasteiger partial charge in [-0.15, -0.1) is 0 Å². The molecule has 0 saturated heterocycles. The molecule has 0 unspecified atom stereocenters. The molecule has 1 rings (SSSR count). The summed E-state index contributed by atoms with van der Waals surface area (Å²) >= 11 is 0. The zero-order valence-corrected chi connectivity index (χ0v) is 20.1. The van der Waals surface area contributed by atoms with Crippen LogP contribution in [0, 0.1) is 0 Å². The van der Waals surface area contributed by atoms with E-state index < -0.39 is 15.0 Å². The van der Waals surface area contributed by atoms with E-state index >= 15 is 0 Å². The summed E-state index contributed by atoms with van der Waals surface area (Å²) in [4.78, 5) is 11.9. The van der Waals surface area contributed by atoms with Gasteiger partial charge in [0.2, 0.25) is 0 Å². The molecule has 0 amide bonds. The average molecular weight is 444 g/mol. The van der Waals surface area contributed by atoms with Crippen LogP contribution in [0.25, 0.3) is 0 Å². The van der Waals surface area contributed by atoms with Crippen LogP contribution in [0.15, 0.2) is 18.2 Å². The van der Waals surface area contributed by atoms with E-state index in [1.54, 1.807) is 0 Å². The second-order valence-corrected chi connectivity index (χ2v) is 11.6. The number of hydrogen-bond donors (Lipinski definition) is 1. The first-order valence-corrected chi connectivity index (χ1v) is 13.6. The molecule has 29 heavy (non-hydrogen) atoms. The Hall–Kier alpha value is -1.21. The highest BCUT2D eigenvalue weighted by Gasteiger charge is 2.21. The number of anilines is 1. The first-order chi connectivity index (χ1) is 13.7. The summed E-state index contributed by atoms with van der Waals surface area (Å²) in [5.41, 5.74) is 2.53. The van der Waals surface area contributed by atoms with Gasteiger partial charge in [-0.1, -0.05) is 84.9 Å². The number of nitrogens with one attached hydrogen (secondary N) is 1. The smallest absolute Gasteiger partial charge is 0.317 e. The number of hydrogen-bond acceptors (Lipinski definition) is 5. The van der Waals surface area contributed by atoms with Crippen molar-refractivity contribution in [2.75, 3.05) is 17.1 Å². The number of carbonyl (C=O) groups excluding carboxylic acids is 1. The fourth-order valence-corrected chi connectivity index (χ4v) is 5.12. The van der Waals surface area contributed by atoms with Crippen molar-refractivity contribution in [2.45, 2.75) is 85.0 Å². The topological polar surface area (TPSA) is 72.5 Å². The molecule has 1 aromatic rings. The van der Waals surface area contributed by atoms with E-state index in [4.69, 9.17) is 4.74 Å². The van der Waals surface area contributed by atoms with Crippen molar-refractivity contribution in [3.8, 4) is 0 Å². The van der Waals surface area contributed by atoms with Crippen LogP contribution in [0.3, 0.4) is 0 Å². The molecule has 1 aromatic carbocycles. The minimum absolute atomic E-state index is 0.179. The number of ether oxygens (including phenoxy) is 1. The van der Waals surface area contributed by atoms with E-state index in [0.29, 0.717) is 23.1 Å². The minimum atomic E-state index is -3.72. The first-order valence-electron chi connectivity index (χ1n) is 10.6. The lowest BCUT2D eigenvalue weighted by Gasteiger charge is -2.20. The van der Waals surface area contributed by atoms with E-state index in [1.807, 2.05) is 45.9 Å². The summed E-state index contributed by atoms with van der Waals surface area (Å²) in [6.45, 7) is 10.7. The second-order valence-electron chi connectivity index (χ2n) is 7.93. The normalized spacial score (nSPS) is 11.8. The SMILES string of the molecule is CCCCCCCCOC(=O)CSS(=O)(=O)Nc1c(C(C)C)cccc1C(C)C. The van der Waals surface area contributed by atoms with Crippen molar-refractivity contribution in [2.24, 2.45) is 0 Å². The number of carbonyl (C=O) groups is 1. The summed E-state index contributed by atoms with van der Waals surface area (Å²) in [7, 11) is -3.14. The Morgan fingerprint density at radius 2 is 1.55 bits per heavy atom. The predicted molar refractivity (Wildman–Crippen MR) is 124 cm³/mol. The van der Waals surface area contributed by atoms with E-state index in [1.165, 1.54) is 19.3 Å². The molecule has 0 radical (unpaired) electrons. The molecular weight excluding hydrogens is 406 g/mol. The monoisotopic (exact) mass is 443 g/mol. The quantitative estimate of drug-likeness (QED) is 0.210. The molecule has 0 aliphatic heterocycles. The van der Waals surface area contributed by atoms with Crippen LogP contribution in [0.1, 0.15) is 96.1 Å². The first kappa shape index (κ1) is 25.8.